The van der Waals surface area contributed by atoms with Gasteiger partial charge < -0.3 is 24.5 Å². The third-order valence-corrected chi connectivity index (χ3v) is 7.68. The van der Waals surface area contributed by atoms with Crippen LogP contribution in [0.3, 0.4) is 0 Å². The van der Waals surface area contributed by atoms with Gasteiger partial charge in [-0.05, 0) is 78.0 Å². The molecule has 3 heterocycles. The minimum absolute atomic E-state index is 0.0744. The van der Waals surface area contributed by atoms with Crippen LogP contribution in [-0.2, 0) is 25.4 Å². The van der Waals surface area contributed by atoms with Gasteiger partial charge in [0.25, 0.3) is 0 Å². The molecule has 2 aliphatic heterocycles. The number of carbonyl (C=O) groups excluding carboxylic acids is 1. The average molecular weight is 536 g/mol. The van der Waals surface area contributed by atoms with Crippen LogP contribution < -0.4 is 5.32 Å². The highest BCUT2D eigenvalue weighted by atomic mass is 16.7. The summed E-state index contributed by atoms with van der Waals surface area (Å²) in [5.74, 6) is -1.16. The van der Waals surface area contributed by atoms with Gasteiger partial charge in [0.05, 0.1) is 24.2 Å². The highest BCUT2D eigenvalue weighted by molar-refractivity contribution is 5.66. The monoisotopic (exact) mass is 535 g/mol. The fraction of sp³-hybridized carbons (Fsp3) is 0.562. The van der Waals surface area contributed by atoms with E-state index in [0.29, 0.717) is 0 Å². The number of nitrogens with one attached hydrogen (secondary N) is 2. The van der Waals surface area contributed by atoms with Crippen molar-refractivity contribution in [2.45, 2.75) is 97.7 Å². The largest absolute Gasteiger partial charge is 0.461 e. The highest BCUT2D eigenvalue weighted by Gasteiger charge is 2.45. The van der Waals surface area contributed by atoms with Crippen molar-refractivity contribution < 1.29 is 19.0 Å². The van der Waals surface area contributed by atoms with Crippen LogP contribution in [0.2, 0.25) is 0 Å². The molecular weight excluding hydrogens is 490 g/mol. The molecule has 0 aromatic carbocycles. The van der Waals surface area contributed by atoms with E-state index in [1.165, 1.54) is 29.2 Å². The second kappa shape index (κ2) is 13.1. The number of nitrogens with zero attached hydrogens (tertiary/aromatic N) is 1. The Balaban J connectivity index is 1.52. The lowest BCUT2D eigenvalue weighted by molar-refractivity contribution is -0.225. The van der Waals surface area contributed by atoms with Gasteiger partial charge in [0.15, 0.2) is 0 Å². The molecule has 4 rings (SSSR count). The number of hydrogen-bond acceptors (Lipinski definition) is 6. The first-order valence-corrected chi connectivity index (χ1v) is 14.2. The SMILES string of the molecule is CC(=O)OCC1=C[C@]2(C=C(C)C[C@@H](/C=C(\C)CCC=C(C)C)O2)O[C@@H]2C=C(C)[C@H](NCCc3c[nH]cn3)C[C@H]12. The number of aromatic amines is 1. The van der Waals surface area contributed by atoms with E-state index in [0.717, 1.165) is 49.9 Å². The van der Waals surface area contributed by atoms with E-state index in [-0.39, 0.29) is 36.7 Å². The molecule has 2 N–H and O–H groups in total. The normalized spacial score (nSPS) is 28.8. The van der Waals surface area contributed by atoms with Gasteiger partial charge in [-0.3, -0.25) is 4.79 Å². The number of hydrogen-bond donors (Lipinski definition) is 2. The van der Waals surface area contributed by atoms with Crippen molar-refractivity contribution >= 4 is 5.97 Å². The number of allylic oxidation sites excluding steroid dienone is 3. The van der Waals surface area contributed by atoms with Gasteiger partial charge in [0, 0.05) is 38.0 Å². The van der Waals surface area contributed by atoms with Crippen LogP contribution in [0.25, 0.3) is 0 Å². The Bertz CT molecular complexity index is 1160. The maximum atomic E-state index is 11.8. The topological polar surface area (TPSA) is 85.5 Å². The molecule has 0 unspecified atom stereocenters. The van der Waals surface area contributed by atoms with E-state index < -0.39 is 5.79 Å². The van der Waals surface area contributed by atoms with Crippen molar-refractivity contribution in [2.75, 3.05) is 13.2 Å². The number of ether oxygens (including phenoxy) is 3. The maximum Gasteiger partial charge on any atom is 0.302 e. The molecule has 1 aromatic heterocycles. The van der Waals surface area contributed by atoms with E-state index in [2.05, 4.69) is 80.3 Å². The lowest BCUT2D eigenvalue weighted by atomic mass is 9.77. The second-order valence-electron chi connectivity index (χ2n) is 11.6. The van der Waals surface area contributed by atoms with Gasteiger partial charge in [-0.15, -0.1) is 0 Å². The molecule has 7 heteroatoms. The molecule has 0 bridgehead atoms. The molecular formula is C32H45N3O4. The Morgan fingerprint density at radius 2 is 2.05 bits per heavy atom. The van der Waals surface area contributed by atoms with Crippen molar-refractivity contribution in [1.82, 2.24) is 15.3 Å². The van der Waals surface area contributed by atoms with E-state index in [4.69, 9.17) is 14.2 Å². The van der Waals surface area contributed by atoms with E-state index >= 15 is 0 Å². The fourth-order valence-corrected chi connectivity index (χ4v) is 5.79. The van der Waals surface area contributed by atoms with Crippen LogP contribution in [0.1, 0.15) is 72.9 Å². The summed E-state index contributed by atoms with van der Waals surface area (Å²) in [6.45, 7) is 13.3. The van der Waals surface area contributed by atoms with Gasteiger partial charge in [-0.25, -0.2) is 4.98 Å². The van der Waals surface area contributed by atoms with E-state index in [9.17, 15) is 4.79 Å². The van der Waals surface area contributed by atoms with Gasteiger partial charge in [-0.1, -0.05) is 40.5 Å². The van der Waals surface area contributed by atoms with Crippen molar-refractivity contribution in [3.05, 3.63) is 76.5 Å². The van der Waals surface area contributed by atoms with Gasteiger partial charge >= 0.3 is 5.97 Å². The van der Waals surface area contributed by atoms with E-state index in [1.807, 2.05) is 6.20 Å². The molecule has 7 nitrogen and oxygen atoms in total. The number of aromatic nitrogens is 2. The lowest BCUT2D eigenvalue weighted by Gasteiger charge is -2.47. The number of imidazole rings is 1. The molecule has 0 fully saturated rings. The van der Waals surface area contributed by atoms with Crippen molar-refractivity contribution in [3.8, 4) is 0 Å². The molecule has 3 aliphatic rings. The summed E-state index contributed by atoms with van der Waals surface area (Å²) in [7, 11) is 0. The first-order valence-electron chi connectivity index (χ1n) is 14.2. The van der Waals surface area contributed by atoms with Crippen molar-refractivity contribution in [2.24, 2.45) is 5.92 Å². The van der Waals surface area contributed by atoms with Gasteiger partial charge in [0.1, 0.15) is 6.61 Å². The van der Waals surface area contributed by atoms with Gasteiger partial charge in [0.2, 0.25) is 5.79 Å². The maximum absolute atomic E-state index is 11.8. The molecule has 1 aliphatic carbocycles. The first-order chi connectivity index (χ1) is 18.6. The standard InChI is InChI=1S/C32H45N3O4/c1-21(2)8-7-9-22(3)12-28-13-23(4)16-32(38-28)17-26(19-37-25(6)36)29-15-30(24(5)14-31(29)39-32)34-11-10-27-18-33-20-35-27/h8,12,14,16-18,20,28-31,34H,7,9-11,13,15,19H2,1-6H3,(H,33,35)/b22-12+/t28-,29-,30-,31-,32+/m1/s1. The quantitative estimate of drug-likeness (QED) is 0.287. The molecule has 0 radical (unpaired) electrons. The number of esters is 1. The van der Waals surface area contributed by atoms with Crippen LogP contribution in [0, 0.1) is 5.92 Å². The first kappa shape index (κ1) is 29.2. The molecule has 0 amide bonds. The molecule has 5 atom stereocenters. The average Bonchev–Trinajstić information content (AvgIpc) is 3.36. The molecule has 212 valence electrons. The summed E-state index contributed by atoms with van der Waals surface area (Å²) in [4.78, 5) is 19.1. The molecule has 1 spiro atoms. The number of H-pyrrole nitrogens is 1. The molecule has 39 heavy (non-hydrogen) atoms. The number of rotatable bonds is 10. The summed E-state index contributed by atoms with van der Waals surface area (Å²) in [5, 5.41) is 3.69. The van der Waals surface area contributed by atoms with Crippen molar-refractivity contribution in [1.29, 1.82) is 0 Å². The third kappa shape index (κ3) is 8.13. The van der Waals surface area contributed by atoms with Crippen LogP contribution in [0.15, 0.2) is 70.8 Å². The zero-order valence-electron chi connectivity index (χ0n) is 24.4. The number of fused-ring (bicyclic) bond motifs is 1. The Morgan fingerprint density at radius 1 is 1.23 bits per heavy atom. The third-order valence-electron chi connectivity index (χ3n) is 7.68. The summed E-state index contributed by atoms with van der Waals surface area (Å²) < 4.78 is 19.0. The Hall–Kier alpha value is -2.74. The predicted molar refractivity (Wildman–Crippen MR) is 154 cm³/mol. The minimum atomic E-state index is -0.975. The van der Waals surface area contributed by atoms with Crippen LogP contribution in [0.5, 0.6) is 0 Å². The summed E-state index contributed by atoms with van der Waals surface area (Å²) in [5.41, 5.74) is 7.25. The predicted octanol–water partition coefficient (Wildman–Crippen LogP) is 5.89. The smallest absolute Gasteiger partial charge is 0.302 e. The Morgan fingerprint density at radius 3 is 2.77 bits per heavy atom. The summed E-state index contributed by atoms with van der Waals surface area (Å²) >= 11 is 0. The fourth-order valence-electron chi connectivity index (χ4n) is 5.79. The zero-order valence-corrected chi connectivity index (χ0v) is 24.4. The second-order valence-corrected chi connectivity index (χ2v) is 11.6. The highest BCUT2D eigenvalue weighted by Crippen LogP contribution is 2.43. The lowest BCUT2D eigenvalue weighted by Crippen LogP contribution is -2.51. The summed E-state index contributed by atoms with van der Waals surface area (Å²) in [6.07, 6.45) is 18.9. The van der Waals surface area contributed by atoms with Gasteiger partial charge in [-0.2, -0.15) is 0 Å². The van der Waals surface area contributed by atoms with Crippen molar-refractivity contribution in [3.63, 3.8) is 0 Å². The molecule has 0 saturated carbocycles. The van der Waals surface area contributed by atoms with Crippen LogP contribution in [0.4, 0.5) is 0 Å². The zero-order chi connectivity index (χ0) is 28.0. The Kier molecular flexibility index (Phi) is 9.81. The molecule has 1 aromatic rings. The van der Waals surface area contributed by atoms with Crippen LogP contribution >= 0.6 is 0 Å². The minimum Gasteiger partial charge on any atom is -0.461 e. The molecule has 0 saturated heterocycles. The summed E-state index contributed by atoms with van der Waals surface area (Å²) in [6, 6.07) is 0.215. The number of carbonyl (C=O) groups is 1. The Labute approximate surface area is 233 Å². The van der Waals surface area contributed by atoms with Crippen LogP contribution in [-0.4, -0.2) is 53.1 Å². The van der Waals surface area contributed by atoms with E-state index in [1.54, 1.807) is 6.33 Å².